The number of cyclic esters (lactones) is 1. The number of hydrogen-bond donors (Lipinski definition) is 1. The normalized spacial score (nSPS) is 19.9. The number of methoxy groups -OCH3 is 1. The fourth-order valence-corrected chi connectivity index (χ4v) is 1.23. The summed E-state index contributed by atoms with van der Waals surface area (Å²) in [6, 6.07) is 0. The third-order valence-corrected chi connectivity index (χ3v) is 1.99. The van der Waals surface area contributed by atoms with Gasteiger partial charge in [-0.25, -0.2) is 19.4 Å². The summed E-state index contributed by atoms with van der Waals surface area (Å²) in [6.45, 7) is 0.118. The van der Waals surface area contributed by atoms with Crippen molar-refractivity contribution in [2.75, 3.05) is 20.8 Å². The number of ether oxygens (including phenoxy) is 2. The van der Waals surface area contributed by atoms with Gasteiger partial charge >= 0.3 is 11.9 Å². The molecule has 0 aliphatic carbocycles. The van der Waals surface area contributed by atoms with E-state index in [-0.39, 0.29) is 13.0 Å². The molecule has 0 fully saturated rings. The Morgan fingerprint density at radius 2 is 2.19 bits per heavy atom. The first-order valence-electron chi connectivity index (χ1n) is 4.49. The van der Waals surface area contributed by atoms with Crippen LogP contribution in [0.15, 0.2) is 11.3 Å². The van der Waals surface area contributed by atoms with Crippen molar-refractivity contribution < 1.29 is 33.9 Å². The molecule has 1 rings (SSSR count). The van der Waals surface area contributed by atoms with Crippen LogP contribution in [0, 0.1) is 0 Å². The number of carbonyl (C=O) groups is 2. The van der Waals surface area contributed by atoms with Crippen LogP contribution in [0.2, 0.25) is 0 Å². The average Bonchev–Trinajstić information content (AvgIpc) is 2.54. The van der Waals surface area contributed by atoms with E-state index < -0.39 is 29.4 Å². The minimum Gasteiger partial charge on any atom is -0.507 e. The van der Waals surface area contributed by atoms with Gasteiger partial charge in [-0.3, -0.25) is 0 Å². The minimum atomic E-state index is -0.919. The summed E-state index contributed by atoms with van der Waals surface area (Å²) in [6.07, 6.45) is -0.705. The second-order valence-corrected chi connectivity index (χ2v) is 2.92. The Bertz CT molecular complexity index is 320. The van der Waals surface area contributed by atoms with Crippen LogP contribution in [0.25, 0.3) is 0 Å². The van der Waals surface area contributed by atoms with Crippen LogP contribution in [-0.4, -0.2) is 44.0 Å². The maximum absolute atomic E-state index is 11.2. The highest BCUT2D eigenvalue weighted by atomic mass is 17.2. The zero-order chi connectivity index (χ0) is 12.1. The Labute approximate surface area is 91.5 Å². The van der Waals surface area contributed by atoms with Crippen molar-refractivity contribution in [2.24, 2.45) is 0 Å². The van der Waals surface area contributed by atoms with Gasteiger partial charge in [0.2, 0.25) is 0 Å². The number of aliphatic hydroxyl groups excluding tert-OH is 1. The first kappa shape index (κ1) is 12.5. The van der Waals surface area contributed by atoms with Crippen molar-refractivity contribution in [3.63, 3.8) is 0 Å². The molecule has 1 aliphatic rings. The molecule has 0 amide bonds. The standard InChI is InChI=1S/C9H12O7/c1-13-8(11)6-7(10)5(16-9(6)12)3-4-15-14-2/h5,10H,3-4H2,1-2H3. The van der Waals surface area contributed by atoms with Gasteiger partial charge in [-0.2, -0.15) is 0 Å². The molecule has 0 aromatic carbocycles. The van der Waals surface area contributed by atoms with E-state index >= 15 is 0 Å². The van der Waals surface area contributed by atoms with E-state index in [1.165, 1.54) is 7.11 Å². The molecule has 0 aromatic rings. The van der Waals surface area contributed by atoms with Gasteiger partial charge in [0.25, 0.3) is 0 Å². The molecule has 1 unspecified atom stereocenters. The van der Waals surface area contributed by atoms with Crippen molar-refractivity contribution in [3.05, 3.63) is 11.3 Å². The lowest BCUT2D eigenvalue weighted by atomic mass is 10.1. The monoisotopic (exact) mass is 232 g/mol. The molecule has 0 spiro atoms. The Morgan fingerprint density at radius 3 is 2.75 bits per heavy atom. The molecule has 1 aliphatic heterocycles. The molecule has 1 atom stereocenters. The third-order valence-electron chi connectivity index (χ3n) is 1.99. The van der Waals surface area contributed by atoms with E-state index in [9.17, 15) is 14.7 Å². The van der Waals surface area contributed by atoms with E-state index in [2.05, 4.69) is 14.5 Å². The Morgan fingerprint density at radius 1 is 1.50 bits per heavy atom. The molecule has 1 N–H and O–H groups in total. The smallest absolute Gasteiger partial charge is 0.349 e. The molecule has 1 heterocycles. The van der Waals surface area contributed by atoms with Gasteiger partial charge in [0, 0.05) is 6.42 Å². The van der Waals surface area contributed by atoms with Crippen LogP contribution in [0.4, 0.5) is 0 Å². The molecule has 7 heteroatoms. The fraction of sp³-hybridized carbons (Fsp3) is 0.556. The number of rotatable bonds is 5. The molecule has 90 valence electrons. The zero-order valence-corrected chi connectivity index (χ0v) is 8.89. The minimum absolute atomic E-state index is 0.118. The van der Waals surface area contributed by atoms with Crippen LogP contribution >= 0.6 is 0 Å². The lowest BCUT2D eigenvalue weighted by Gasteiger charge is -2.08. The SMILES string of the molecule is COOCCC1OC(=O)C(C(=O)OC)=C1O. The number of carbonyl (C=O) groups excluding carboxylic acids is 2. The topological polar surface area (TPSA) is 91.3 Å². The van der Waals surface area contributed by atoms with Gasteiger partial charge in [-0.15, -0.1) is 0 Å². The molecular weight excluding hydrogens is 220 g/mol. The van der Waals surface area contributed by atoms with Crippen molar-refractivity contribution >= 4 is 11.9 Å². The summed E-state index contributed by atoms with van der Waals surface area (Å²) in [5.41, 5.74) is -0.468. The molecule has 0 bridgehead atoms. The van der Waals surface area contributed by atoms with Crippen LogP contribution in [0.1, 0.15) is 6.42 Å². The Hall–Kier alpha value is -1.60. The molecule has 7 nitrogen and oxygen atoms in total. The largest absolute Gasteiger partial charge is 0.507 e. The van der Waals surface area contributed by atoms with E-state index in [0.29, 0.717) is 0 Å². The summed E-state index contributed by atoms with van der Waals surface area (Å²) in [5, 5.41) is 9.56. The third kappa shape index (κ3) is 2.50. The highest BCUT2D eigenvalue weighted by Crippen LogP contribution is 2.23. The summed E-state index contributed by atoms with van der Waals surface area (Å²) < 4.78 is 9.09. The van der Waals surface area contributed by atoms with E-state index in [0.717, 1.165) is 7.11 Å². The molecule has 0 saturated heterocycles. The predicted octanol–water partition coefficient (Wildman–Crippen LogP) is -0.135. The number of aliphatic hydroxyl groups is 1. The Kier molecular flexibility index (Phi) is 4.27. The van der Waals surface area contributed by atoms with E-state index in [1.807, 2.05) is 0 Å². The Balaban J connectivity index is 2.68. The highest BCUT2D eigenvalue weighted by Gasteiger charge is 2.38. The van der Waals surface area contributed by atoms with Gasteiger partial charge in [0.05, 0.1) is 20.8 Å². The summed E-state index contributed by atoms with van der Waals surface area (Å²) in [7, 11) is 2.44. The van der Waals surface area contributed by atoms with Crippen LogP contribution < -0.4 is 0 Å². The van der Waals surface area contributed by atoms with Crippen molar-refractivity contribution in [1.82, 2.24) is 0 Å². The van der Waals surface area contributed by atoms with E-state index in [4.69, 9.17) is 4.74 Å². The average molecular weight is 232 g/mol. The second-order valence-electron chi connectivity index (χ2n) is 2.92. The molecular formula is C9H12O7. The first-order valence-corrected chi connectivity index (χ1v) is 4.49. The van der Waals surface area contributed by atoms with Crippen molar-refractivity contribution in [2.45, 2.75) is 12.5 Å². The second kappa shape index (κ2) is 5.47. The first-order chi connectivity index (χ1) is 7.61. The highest BCUT2D eigenvalue weighted by molar-refractivity contribution is 6.15. The quantitative estimate of drug-likeness (QED) is 0.232. The van der Waals surface area contributed by atoms with Gasteiger partial charge in [0.15, 0.2) is 17.4 Å². The van der Waals surface area contributed by atoms with Gasteiger partial charge < -0.3 is 14.6 Å². The molecule has 16 heavy (non-hydrogen) atoms. The van der Waals surface area contributed by atoms with Crippen LogP contribution in [-0.2, 0) is 28.8 Å². The lowest BCUT2D eigenvalue weighted by Crippen LogP contribution is -2.14. The lowest BCUT2D eigenvalue weighted by molar-refractivity contribution is -0.274. The van der Waals surface area contributed by atoms with Gasteiger partial charge in [0.1, 0.15) is 0 Å². The maximum atomic E-state index is 11.2. The fourth-order valence-electron chi connectivity index (χ4n) is 1.23. The van der Waals surface area contributed by atoms with E-state index in [1.54, 1.807) is 0 Å². The maximum Gasteiger partial charge on any atom is 0.349 e. The number of esters is 2. The summed E-state index contributed by atoms with van der Waals surface area (Å²) in [4.78, 5) is 31.2. The summed E-state index contributed by atoms with van der Waals surface area (Å²) in [5.74, 6) is -2.25. The predicted molar refractivity (Wildman–Crippen MR) is 49.1 cm³/mol. The van der Waals surface area contributed by atoms with Gasteiger partial charge in [-0.05, 0) is 0 Å². The molecule has 0 saturated carbocycles. The zero-order valence-electron chi connectivity index (χ0n) is 8.89. The summed E-state index contributed by atoms with van der Waals surface area (Å²) >= 11 is 0. The van der Waals surface area contributed by atoms with Crippen molar-refractivity contribution in [3.8, 4) is 0 Å². The van der Waals surface area contributed by atoms with Crippen molar-refractivity contribution in [1.29, 1.82) is 0 Å². The van der Waals surface area contributed by atoms with Gasteiger partial charge in [-0.1, -0.05) is 0 Å². The molecule has 0 radical (unpaired) electrons. The van der Waals surface area contributed by atoms with Crippen LogP contribution in [0.5, 0.6) is 0 Å². The number of hydrogen-bond acceptors (Lipinski definition) is 7. The molecule has 0 aromatic heterocycles. The van der Waals surface area contributed by atoms with Crippen LogP contribution in [0.3, 0.4) is 0 Å².